The van der Waals surface area contributed by atoms with Gasteiger partial charge in [0, 0.05) is 58.1 Å². The Labute approximate surface area is 180 Å². The van der Waals surface area contributed by atoms with Crippen molar-refractivity contribution in [3.8, 4) is 0 Å². The molecule has 1 unspecified atom stereocenters. The van der Waals surface area contributed by atoms with Gasteiger partial charge in [0.15, 0.2) is 5.96 Å². The highest BCUT2D eigenvalue weighted by molar-refractivity contribution is 14.0. The normalized spacial score (nSPS) is 20.1. The SMILES string of the molecule is CCNC(=NCC(C)N1CCOCC1)N1CCN(c2ccccn2)CC1.I. The molecule has 0 saturated carbocycles. The molecular weight excluding hydrogens is 455 g/mol. The van der Waals surface area contributed by atoms with Gasteiger partial charge in [-0.15, -0.1) is 24.0 Å². The monoisotopic (exact) mass is 488 g/mol. The molecule has 8 heteroatoms. The second kappa shape index (κ2) is 11.7. The fraction of sp³-hybridized carbons (Fsp3) is 0.684. The number of nitrogens with one attached hydrogen (secondary N) is 1. The number of hydrogen-bond donors (Lipinski definition) is 1. The number of aliphatic imine (C=N–C) groups is 1. The van der Waals surface area contributed by atoms with Gasteiger partial charge in [-0.05, 0) is 26.0 Å². The molecule has 0 aliphatic carbocycles. The van der Waals surface area contributed by atoms with E-state index in [-0.39, 0.29) is 24.0 Å². The molecule has 2 saturated heterocycles. The molecule has 0 amide bonds. The summed E-state index contributed by atoms with van der Waals surface area (Å²) in [4.78, 5) is 16.6. The fourth-order valence-corrected chi connectivity index (χ4v) is 3.47. The second-order valence-electron chi connectivity index (χ2n) is 6.85. The second-order valence-corrected chi connectivity index (χ2v) is 6.85. The predicted octanol–water partition coefficient (Wildman–Crippen LogP) is 1.51. The van der Waals surface area contributed by atoms with Gasteiger partial charge in [0.2, 0.25) is 0 Å². The quantitative estimate of drug-likeness (QED) is 0.386. The summed E-state index contributed by atoms with van der Waals surface area (Å²) < 4.78 is 5.45. The van der Waals surface area contributed by atoms with E-state index in [9.17, 15) is 0 Å². The van der Waals surface area contributed by atoms with Crippen molar-refractivity contribution in [1.29, 1.82) is 0 Å². The number of morpholine rings is 1. The average Bonchev–Trinajstić information content (AvgIpc) is 2.72. The number of aromatic nitrogens is 1. The zero-order valence-corrected chi connectivity index (χ0v) is 18.8. The minimum absolute atomic E-state index is 0. The third-order valence-corrected chi connectivity index (χ3v) is 5.06. The van der Waals surface area contributed by atoms with Crippen LogP contribution in [0.1, 0.15) is 13.8 Å². The predicted molar refractivity (Wildman–Crippen MR) is 121 cm³/mol. The van der Waals surface area contributed by atoms with Crippen LogP contribution in [0, 0.1) is 0 Å². The van der Waals surface area contributed by atoms with Gasteiger partial charge in [-0.1, -0.05) is 6.07 Å². The molecule has 1 aromatic heterocycles. The van der Waals surface area contributed by atoms with Crippen LogP contribution in [-0.4, -0.2) is 92.4 Å². The molecule has 3 heterocycles. The minimum atomic E-state index is 0. The van der Waals surface area contributed by atoms with E-state index in [2.05, 4.69) is 44.9 Å². The molecular formula is C19H33IN6O. The van der Waals surface area contributed by atoms with Crippen LogP contribution in [0.3, 0.4) is 0 Å². The first-order valence-corrected chi connectivity index (χ1v) is 9.79. The lowest BCUT2D eigenvalue weighted by Gasteiger charge is -2.37. The Balaban J connectivity index is 0.00000261. The van der Waals surface area contributed by atoms with Crippen LogP contribution < -0.4 is 10.2 Å². The van der Waals surface area contributed by atoms with Crippen molar-refractivity contribution >= 4 is 35.8 Å². The first-order chi connectivity index (χ1) is 12.8. The Morgan fingerprint density at radius 1 is 1.19 bits per heavy atom. The Kier molecular flexibility index (Phi) is 9.57. The van der Waals surface area contributed by atoms with E-state index in [1.54, 1.807) is 0 Å². The van der Waals surface area contributed by atoms with E-state index < -0.39 is 0 Å². The van der Waals surface area contributed by atoms with E-state index in [1.165, 1.54) is 0 Å². The van der Waals surface area contributed by atoms with Crippen molar-refractivity contribution in [1.82, 2.24) is 20.1 Å². The van der Waals surface area contributed by atoms with Crippen LogP contribution in [0.15, 0.2) is 29.4 Å². The number of rotatable bonds is 5. The van der Waals surface area contributed by atoms with Gasteiger partial charge in [0.25, 0.3) is 0 Å². The van der Waals surface area contributed by atoms with E-state index in [0.29, 0.717) is 6.04 Å². The third kappa shape index (κ3) is 6.46. The molecule has 152 valence electrons. The highest BCUT2D eigenvalue weighted by atomic mass is 127. The average molecular weight is 488 g/mol. The topological polar surface area (TPSA) is 56.2 Å². The largest absolute Gasteiger partial charge is 0.379 e. The Bertz CT molecular complexity index is 559. The number of pyridine rings is 1. The standard InChI is InChI=1S/C19H32N6O.HI/c1-3-20-19(22-16-17(2)23-12-14-26-15-13-23)25-10-8-24(9-11-25)18-6-4-5-7-21-18;/h4-7,17H,3,8-16H2,1-2H3,(H,20,22);1H. The molecule has 2 aliphatic heterocycles. The van der Waals surface area contributed by atoms with Crippen LogP contribution in [0.2, 0.25) is 0 Å². The molecule has 0 bridgehead atoms. The van der Waals surface area contributed by atoms with Crippen molar-refractivity contribution in [2.75, 3.05) is 70.5 Å². The number of hydrogen-bond acceptors (Lipinski definition) is 5. The molecule has 2 aliphatic rings. The summed E-state index contributed by atoms with van der Waals surface area (Å²) in [7, 11) is 0. The molecule has 0 radical (unpaired) electrons. The van der Waals surface area contributed by atoms with Crippen molar-refractivity contribution in [3.63, 3.8) is 0 Å². The molecule has 0 spiro atoms. The van der Waals surface area contributed by atoms with Gasteiger partial charge in [-0.25, -0.2) is 4.98 Å². The Hall–Kier alpha value is -1.13. The zero-order chi connectivity index (χ0) is 18.2. The van der Waals surface area contributed by atoms with Crippen molar-refractivity contribution in [2.24, 2.45) is 4.99 Å². The maximum absolute atomic E-state index is 5.45. The maximum Gasteiger partial charge on any atom is 0.194 e. The summed E-state index contributed by atoms with van der Waals surface area (Å²) in [5, 5.41) is 3.46. The van der Waals surface area contributed by atoms with Crippen molar-refractivity contribution < 1.29 is 4.74 Å². The zero-order valence-electron chi connectivity index (χ0n) is 16.5. The van der Waals surface area contributed by atoms with Crippen LogP contribution in [0.25, 0.3) is 0 Å². The van der Waals surface area contributed by atoms with Crippen LogP contribution >= 0.6 is 24.0 Å². The van der Waals surface area contributed by atoms with Gasteiger partial charge < -0.3 is 19.9 Å². The number of anilines is 1. The van der Waals surface area contributed by atoms with Crippen LogP contribution in [0.5, 0.6) is 0 Å². The fourth-order valence-electron chi connectivity index (χ4n) is 3.47. The number of halogens is 1. The number of piperazine rings is 1. The first kappa shape index (κ1) is 22.2. The van der Waals surface area contributed by atoms with E-state index in [1.807, 2.05) is 18.3 Å². The summed E-state index contributed by atoms with van der Waals surface area (Å²) in [5.74, 6) is 2.10. The highest BCUT2D eigenvalue weighted by Gasteiger charge is 2.21. The van der Waals surface area contributed by atoms with E-state index in [0.717, 1.165) is 77.3 Å². The molecule has 1 aromatic rings. The lowest BCUT2D eigenvalue weighted by atomic mass is 10.2. The van der Waals surface area contributed by atoms with Crippen molar-refractivity contribution in [3.05, 3.63) is 24.4 Å². The number of nitrogens with zero attached hydrogens (tertiary/aromatic N) is 5. The summed E-state index contributed by atoms with van der Waals surface area (Å²) >= 11 is 0. The summed E-state index contributed by atoms with van der Waals surface area (Å²) in [5.41, 5.74) is 0. The Morgan fingerprint density at radius 2 is 1.93 bits per heavy atom. The molecule has 2 fully saturated rings. The van der Waals surface area contributed by atoms with Gasteiger partial charge in [-0.2, -0.15) is 0 Å². The minimum Gasteiger partial charge on any atom is -0.379 e. The molecule has 3 rings (SSSR count). The van der Waals surface area contributed by atoms with Gasteiger partial charge in [-0.3, -0.25) is 9.89 Å². The summed E-state index contributed by atoms with van der Waals surface area (Å²) in [6.07, 6.45) is 1.86. The van der Waals surface area contributed by atoms with Gasteiger partial charge in [0.1, 0.15) is 5.82 Å². The lowest BCUT2D eigenvalue weighted by molar-refractivity contribution is 0.0220. The molecule has 1 N–H and O–H groups in total. The van der Waals surface area contributed by atoms with E-state index >= 15 is 0 Å². The van der Waals surface area contributed by atoms with E-state index in [4.69, 9.17) is 9.73 Å². The number of guanidine groups is 1. The molecule has 27 heavy (non-hydrogen) atoms. The Morgan fingerprint density at radius 3 is 2.56 bits per heavy atom. The maximum atomic E-state index is 5.45. The smallest absolute Gasteiger partial charge is 0.194 e. The first-order valence-electron chi connectivity index (χ1n) is 9.79. The van der Waals surface area contributed by atoms with Gasteiger partial charge in [0.05, 0.1) is 19.8 Å². The molecule has 1 atom stereocenters. The third-order valence-electron chi connectivity index (χ3n) is 5.06. The molecule has 0 aromatic carbocycles. The van der Waals surface area contributed by atoms with Crippen molar-refractivity contribution in [2.45, 2.75) is 19.9 Å². The summed E-state index contributed by atoms with van der Waals surface area (Å²) in [6.45, 7) is 13.7. The van der Waals surface area contributed by atoms with Crippen LogP contribution in [0.4, 0.5) is 5.82 Å². The highest BCUT2D eigenvalue weighted by Crippen LogP contribution is 2.13. The van der Waals surface area contributed by atoms with Crippen LogP contribution in [-0.2, 0) is 4.74 Å². The number of ether oxygens (including phenoxy) is 1. The summed E-state index contributed by atoms with van der Waals surface area (Å²) in [6, 6.07) is 6.54. The lowest BCUT2D eigenvalue weighted by Crippen LogP contribution is -2.53. The molecule has 7 nitrogen and oxygen atoms in total. The van der Waals surface area contributed by atoms with Gasteiger partial charge >= 0.3 is 0 Å².